The average Bonchev–Trinajstić information content (AvgIpc) is 2.34. The molecule has 0 saturated carbocycles. The molecule has 0 aromatic rings. The summed E-state index contributed by atoms with van der Waals surface area (Å²) in [6.45, 7) is -0.473. The first-order valence-electron chi connectivity index (χ1n) is 5.04. The molecule has 98 valence electrons. The summed E-state index contributed by atoms with van der Waals surface area (Å²) in [7, 11) is 0. The lowest BCUT2D eigenvalue weighted by molar-refractivity contribution is -0.300. The van der Waals surface area contributed by atoms with Crippen LogP contribution in [-0.4, -0.2) is 70.9 Å². The molecule has 0 amide bonds. The fourth-order valence-electron chi connectivity index (χ4n) is 1.46. The average molecular weight is 249 g/mol. The minimum Gasteiger partial charge on any atom is -0.394 e. The monoisotopic (exact) mass is 249 g/mol. The Morgan fingerprint density at radius 2 is 1.94 bits per heavy atom. The summed E-state index contributed by atoms with van der Waals surface area (Å²) in [5, 5.41) is 40.5. The Kier molecular flexibility index (Phi) is 5.59. The Labute approximate surface area is 96.8 Å². The molecule has 1 heterocycles. The third-order valence-corrected chi connectivity index (χ3v) is 2.39. The van der Waals surface area contributed by atoms with E-state index in [0.717, 1.165) is 0 Å². The second kappa shape index (κ2) is 6.72. The maximum atomic E-state index is 9.53. The number of aliphatic hydroxyl groups is 4. The van der Waals surface area contributed by atoms with Crippen LogP contribution in [0.2, 0.25) is 0 Å². The highest BCUT2D eigenvalue weighted by Crippen LogP contribution is 2.21. The highest BCUT2D eigenvalue weighted by molar-refractivity contribution is 4.88. The molecule has 5 atom stereocenters. The van der Waals surface area contributed by atoms with Crippen LogP contribution in [-0.2, 0) is 9.47 Å². The van der Waals surface area contributed by atoms with E-state index in [2.05, 4.69) is 10.0 Å². The summed E-state index contributed by atoms with van der Waals surface area (Å²) >= 11 is 0. The summed E-state index contributed by atoms with van der Waals surface area (Å²) in [6.07, 6.45) is -6.49. The van der Waals surface area contributed by atoms with Gasteiger partial charge < -0.3 is 29.9 Å². The zero-order valence-corrected chi connectivity index (χ0v) is 8.96. The first kappa shape index (κ1) is 14.1. The molecule has 9 nitrogen and oxygen atoms in total. The number of aliphatic hydroxyl groups excluding tert-OH is 4. The van der Waals surface area contributed by atoms with Crippen molar-refractivity contribution in [2.24, 2.45) is 5.11 Å². The third-order valence-electron chi connectivity index (χ3n) is 2.39. The lowest BCUT2D eigenvalue weighted by atomic mass is 9.99. The van der Waals surface area contributed by atoms with Crippen molar-refractivity contribution in [2.75, 3.05) is 19.8 Å². The molecule has 9 heteroatoms. The molecule has 1 rings (SSSR count). The van der Waals surface area contributed by atoms with Gasteiger partial charge in [0.25, 0.3) is 0 Å². The highest BCUT2D eigenvalue weighted by Gasteiger charge is 2.43. The smallest absolute Gasteiger partial charge is 0.186 e. The van der Waals surface area contributed by atoms with E-state index in [1.807, 2.05) is 0 Å². The predicted molar refractivity (Wildman–Crippen MR) is 53.7 cm³/mol. The van der Waals surface area contributed by atoms with E-state index in [-0.39, 0.29) is 13.2 Å². The summed E-state index contributed by atoms with van der Waals surface area (Å²) in [6, 6.07) is 0. The number of hydrogen-bond acceptors (Lipinski definition) is 7. The quantitative estimate of drug-likeness (QED) is 0.194. The van der Waals surface area contributed by atoms with Crippen molar-refractivity contribution < 1.29 is 29.9 Å². The second-order valence-corrected chi connectivity index (χ2v) is 3.52. The van der Waals surface area contributed by atoms with Gasteiger partial charge in [-0.2, -0.15) is 0 Å². The largest absolute Gasteiger partial charge is 0.394 e. The van der Waals surface area contributed by atoms with Crippen LogP contribution < -0.4 is 0 Å². The Bertz CT molecular complexity index is 282. The molecule has 0 aliphatic carbocycles. The lowest BCUT2D eigenvalue weighted by Gasteiger charge is -2.39. The Balaban J connectivity index is 2.50. The van der Waals surface area contributed by atoms with Crippen molar-refractivity contribution in [3.63, 3.8) is 0 Å². The van der Waals surface area contributed by atoms with Crippen LogP contribution in [0.1, 0.15) is 0 Å². The summed E-state index contributed by atoms with van der Waals surface area (Å²) < 4.78 is 10.1. The van der Waals surface area contributed by atoms with E-state index in [9.17, 15) is 15.3 Å². The molecular weight excluding hydrogens is 234 g/mol. The highest BCUT2D eigenvalue weighted by atomic mass is 16.7. The van der Waals surface area contributed by atoms with Gasteiger partial charge in [0.1, 0.15) is 24.4 Å². The van der Waals surface area contributed by atoms with Gasteiger partial charge in [0.05, 0.1) is 13.2 Å². The zero-order chi connectivity index (χ0) is 12.8. The fourth-order valence-corrected chi connectivity index (χ4v) is 1.46. The minimum absolute atomic E-state index is 0.00719. The van der Waals surface area contributed by atoms with Gasteiger partial charge in [-0.25, -0.2) is 0 Å². The number of nitrogens with zero attached hydrogens (tertiary/aromatic N) is 3. The molecule has 4 N–H and O–H groups in total. The number of azide groups is 1. The minimum atomic E-state index is -1.47. The molecular formula is C8H15N3O6. The predicted octanol–water partition coefficient (Wildman–Crippen LogP) is -1.89. The van der Waals surface area contributed by atoms with Gasteiger partial charge in [-0.3, -0.25) is 0 Å². The molecule has 1 aliphatic rings. The van der Waals surface area contributed by atoms with E-state index < -0.39 is 37.3 Å². The first-order chi connectivity index (χ1) is 8.11. The Morgan fingerprint density at radius 3 is 2.53 bits per heavy atom. The van der Waals surface area contributed by atoms with Crippen LogP contribution >= 0.6 is 0 Å². The molecule has 0 radical (unpaired) electrons. The van der Waals surface area contributed by atoms with Crippen LogP contribution in [0.15, 0.2) is 5.11 Å². The molecule has 0 aromatic carbocycles. The normalized spacial score (nSPS) is 37.5. The Morgan fingerprint density at radius 1 is 1.24 bits per heavy atom. The molecule has 0 aromatic heterocycles. The van der Waals surface area contributed by atoms with Gasteiger partial charge in [-0.1, -0.05) is 5.11 Å². The van der Waals surface area contributed by atoms with Gasteiger partial charge in [-0.15, -0.1) is 0 Å². The lowest BCUT2D eigenvalue weighted by Crippen LogP contribution is -2.59. The number of hydrogen-bond donors (Lipinski definition) is 4. The third kappa shape index (κ3) is 3.51. The van der Waals surface area contributed by atoms with E-state index in [1.165, 1.54) is 0 Å². The second-order valence-electron chi connectivity index (χ2n) is 3.52. The maximum absolute atomic E-state index is 9.53. The van der Waals surface area contributed by atoms with Crippen molar-refractivity contribution in [2.45, 2.75) is 30.7 Å². The standard InChI is InChI=1S/C8H15N3O6/c9-11-10-1-2-16-8-7(15)6(14)5(13)4(3-12)17-8/h4-8,12-15H,1-3H2/t4?,5-,6?,7?,8-/m1/s1. The summed E-state index contributed by atoms with van der Waals surface area (Å²) in [5.41, 5.74) is 8.03. The van der Waals surface area contributed by atoms with E-state index in [4.69, 9.17) is 20.1 Å². The first-order valence-corrected chi connectivity index (χ1v) is 5.04. The molecule has 0 spiro atoms. The van der Waals surface area contributed by atoms with Crippen LogP contribution in [0.3, 0.4) is 0 Å². The molecule has 1 saturated heterocycles. The topological polar surface area (TPSA) is 148 Å². The maximum Gasteiger partial charge on any atom is 0.186 e. The van der Waals surface area contributed by atoms with Crippen molar-refractivity contribution in [3.8, 4) is 0 Å². The van der Waals surface area contributed by atoms with Gasteiger partial charge in [0, 0.05) is 11.5 Å². The molecule has 3 unspecified atom stereocenters. The van der Waals surface area contributed by atoms with Crippen molar-refractivity contribution >= 4 is 0 Å². The molecule has 1 aliphatic heterocycles. The summed E-state index contributed by atoms with van der Waals surface area (Å²) in [5.74, 6) is 0. The zero-order valence-electron chi connectivity index (χ0n) is 8.96. The number of rotatable bonds is 5. The van der Waals surface area contributed by atoms with Crippen LogP contribution in [0, 0.1) is 0 Å². The molecule has 17 heavy (non-hydrogen) atoms. The van der Waals surface area contributed by atoms with E-state index >= 15 is 0 Å². The summed E-state index contributed by atoms with van der Waals surface area (Å²) in [4.78, 5) is 2.51. The van der Waals surface area contributed by atoms with E-state index in [0.29, 0.717) is 0 Å². The van der Waals surface area contributed by atoms with Crippen LogP contribution in [0.5, 0.6) is 0 Å². The Hall–Kier alpha value is -0.930. The SMILES string of the molecule is [N-]=[N+]=NCCO[C@@H]1OC(CO)[C@@H](O)C(O)C1O. The van der Waals surface area contributed by atoms with Gasteiger partial charge in [0.2, 0.25) is 0 Å². The van der Waals surface area contributed by atoms with Crippen molar-refractivity contribution in [1.82, 2.24) is 0 Å². The molecule has 1 fully saturated rings. The van der Waals surface area contributed by atoms with Gasteiger partial charge in [-0.05, 0) is 5.53 Å². The van der Waals surface area contributed by atoms with Gasteiger partial charge >= 0.3 is 0 Å². The molecule has 0 bridgehead atoms. The number of ether oxygens (including phenoxy) is 2. The van der Waals surface area contributed by atoms with Crippen molar-refractivity contribution in [1.29, 1.82) is 0 Å². The fraction of sp³-hybridized carbons (Fsp3) is 1.00. The van der Waals surface area contributed by atoms with Crippen molar-refractivity contribution in [3.05, 3.63) is 10.4 Å². The van der Waals surface area contributed by atoms with Gasteiger partial charge in [0.15, 0.2) is 6.29 Å². The van der Waals surface area contributed by atoms with Crippen LogP contribution in [0.4, 0.5) is 0 Å². The van der Waals surface area contributed by atoms with Crippen LogP contribution in [0.25, 0.3) is 10.4 Å². The van der Waals surface area contributed by atoms with E-state index in [1.54, 1.807) is 0 Å².